The summed E-state index contributed by atoms with van der Waals surface area (Å²) < 4.78 is 17.4. The van der Waals surface area contributed by atoms with Gasteiger partial charge in [0.05, 0.1) is 11.2 Å². The predicted octanol–water partition coefficient (Wildman–Crippen LogP) is 3.15. The first-order chi connectivity index (χ1) is 12.0. The van der Waals surface area contributed by atoms with E-state index in [-0.39, 0.29) is 5.91 Å². The van der Waals surface area contributed by atoms with Crippen molar-refractivity contribution in [2.75, 3.05) is 5.32 Å². The van der Waals surface area contributed by atoms with Gasteiger partial charge in [-0.25, -0.2) is 0 Å². The van der Waals surface area contributed by atoms with Crippen LogP contribution in [0.25, 0.3) is 0 Å². The molecule has 1 amide bonds. The molecule has 2 aromatic rings. The number of carbonyl (C=O) groups is 1. The lowest BCUT2D eigenvalue weighted by atomic mass is 9.75. The van der Waals surface area contributed by atoms with Crippen LogP contribution in [0.2, 0.25) is 0 Å². The molecule has 2 heterocycles. The first-order valence-corrected chi connectivity index (χ1v) is 8.72. The fourth-order valence-corrected chi connectivity index (χ4v) is 2.85. The molecular weight excluding hydrogens is 331 g/mol. The molecule has 6 nitrogen and oxygen atoms in total. The Labute approximate surface area is 154 Å². The topological polar surface area (TPSA) is 73.6 Å². The van der Waals surface area contributed by atoms with Crippen LogP contribution < -0.4 is 10.8 Å². The van der Waals surface area contributed by atoms with E-state index in [4.69, 9.17) is 13.8 Å². The molecule has 0 spiro atoms. The number of rotatable bonds is 3. The number of amides is 1. The zero-order chi connectivity index (χ0) is 19.3. The monoisotopic (exact) mass is 356 g/mol. The molecule has 1 aromatic carbocycles. The van der Waals surface area contributed by atoms with E-state index in [0.29, 0.717) is 22.7 Å². The number of carbonyl (C=O) groups excluding carboxylic acids is 1. The molecule has 1 N–H and O–H groups in total. The Bertz CT molecular complexity index is 822. The number of aryl methyl sites for hydroxylation is 3. The van der Waals surface area contributed by atoms with E-state index in [1.54, 1.807) is 19.9 Å². The fraction of sp³-hybridized carbons (Fsp3) is 0.474. The summed E-state index contributed by atoms with van der Waals surface area (Å²) in [6, 6.07) is 5.52. The van der Waals surface area contributed by atoms with Gasteiger partial charge >= 0.3 is 7.12 Å². The summed E-state index contributed by atoms with van der Waals surface area (Å²) in [5, 5.41) is 6.73. The molecule has 3 rings (SSSR count). The third-order valence-corrected chi connectivity index (χ3v) is 5.32. The van der Waals surface area contributed by atoms with Gasteiger partial charge in [-0.2, -0.15) is 0 Å². The average molecular weight is 356 g/mol. The Balaban J connectivity index is 1.88. The molecule has 1 aromatic heterocycles. The summed E-state index contributed by atoms with van der Waals surface area (Å²) in [7, 11) is -0.508. The number of anilines is 1. The van der Waals surface area contributed by atoms with Crippen molar-refractivity contribution in [3.8, 4) is 0 Å². The quantitative estimate of drug-likeness (QED) is 0.856. The highest BCUT2D eigenvalue weighted by molar-refractivity contribution is 6.62. The molecule has 0 aliphatic carbocycles. The average Bonchev–Trinajstić information content (AvgIpc) is 2.96. The van der Waals surface area contributed by atoms with Crippen molar-refractivity contribution in [1.29, 1.82) is 0 Å². The van der Waals surface area contributed by atoms with Gasteiger partial charge in [0, 0.05) is 5.56 Å². The summed E-state index contributed by atoms with van der Waals surface area (Å²) in [6.07, 6.45) is 0. The first kappa shape index (κ1) is 18.7. The Morgan fingerprint density at radius 1 is 1.08 bits per heavy atom. The minimum absolute atomic E-state index is 0.225. The molecule has 0 bridgehead atoms. The number of aromatic nitrogens is 1. The van der Waals surface area contributed by atoms with Gasteiger partial charge in [0.25, 0.3) is 5.91 Å². The minimum atomic E-state index is -0.508. The van der Waals surface area contributed by atoms with Crippen LogP contribution in [0.5, 0.6) is 0 Å². The largest absolute Gasteiger partial charge is 0.495 e. The van der Waals surface area contributed by atoms with E-state index in [9.17, 15) is 4.79 Å². The van der Waals surface area contributed by atoms with Crippen molar-refractivity contribution in [1.82, 2.24) is 5.16 Å². The summed E-state index contributed by atoms with van der Waals surface area (Å²) in [4.78, 5) is 12.7. The second-order valence-electron chi connectivity index (χ2n) is 7.81. The second kappa shape index (κ2) is 6.25. The van der Waals surface area contributed by atoms with E-state index in [1.165, 1.54) is 0 Å². The molecule has 1 aliphatic rings. The Morgan fingerprint density at radius 2 is 1.69 bits per heavy atom. The molecule has 1 saturated heterocycles. The predicted molar refractivity (Wildman–Crippen MR) is 101 cm³/mol. The maximum Gasteiger partial charge on any atom is 0.495 e. The lowest BCUT2D eigenvalue weighted by Gasteiger charge is -2.32. The van der Waals surface area contributed by atoms with Crippen molar-refractivity contribution in [3.05, 3.63) is 40.8 Å². The van der Waals surface area contributed by atoms with Crippen molar-refractivity contribution < 1.29 is 18.6 Å². The lowest BCUT2D eigenvalue weighted by molar-refractivity contribution is 0.00578. The highest BCUT2D eigenvalue weighted by atomic mass is 16.7. The van der Waals surface area contributed by atoms with Crippen molar-refractivity contribution in [2.24, 2.45) is 0 Å². The maximum absolute atomic E-state index is 12.7. The molecular formula is C19H25BN2O4. The molecule has 26 heavy (non-hydrogen) atoms. The second-order valence-corrected chi connectivity index (χ2v) is 7.81. The molecule has 138 valence electrons. The molecule has 0 atom stereocenters. The van der Waals surface area contributed by atoms with E-state index in [1.807, 2.05) is 46.8 Å². The number of benzene rings is 1. The van der Waals surface area contributed by atoms with Crippen molar-refractivity contribution in [2.45, 2.75) is 59.7 Å². The van der Waals surface area contributed by atoms with Gasteiger partial charge < -0.3 is 19.1 Å². The summed E-state index contributed by atoms with van der Waals surface area (Å²) in [5.41, 5.74) is 2.78. The zero-order valence-electron chi connectivity index (χ0n) is 16.4. The van der Waals surface area contributed by atoms with Crippen LogP contribution in [-0.2, 0) is 9.31 Å². The maximum atomic E-state index is 12.7. The van der Waals surface area contributed by atoms with E-state index in [0.717, 1.165) is 11.0 Å². The zero-order valence-corrected chi connectivity index (χ0v) is 16.4. The Kier molecular flexibility index (Phi) is 4.49. The van der Waals surface area contributed by atoms with Gasteiger partial charge in [-0.15, -0.1) is 0 Å². The van der Waals surface area contributed by atoms with Crippen LogP contribution in [0.15, 0.2) is 22.7 Å². The smallest absolute Gasteiger partial charge is 0.399 e. The number of nitrogens with zero attached hydrogens (tertiary/aromatic N) is 1. The van der Waals surface area contributed by atoms with Gasteiger partial charge in [0.1, 0.15) is 11.4 Å². The normalized spacial score (nSPS) is 18.2. The van der Waals surface area contributed by atoms with Crippen LogP contribution in [-0.4, -0.2) is 29.4 Å². The van der Waals surface area contributed by atoms with E-state index >= 15 is 0 Å². The van der Waals surface area contributed by atoms with Crippen LogP contribution in [0.4, 0.5) is 5.69 Å². The van der Waals surface area contributed by atoms with E-state index in [2.05, 4.69) is 10.5 Å². The number of hydrogen-bond donors (Lipinski definition) is 1. The van der Waals surface area contributed by atoms with Gasteiger partial charge in [-0.05, 0) is 66.1 Å². The fourth-order valence-electron chi connectivity index (χ4n) is 2.85. The third-order valence-electron chi connectivity index (χ3n) is 5.32. The standard InChI is InChI=1S/C19H25BN2O4/c1-11-8-9-14(17(23)21-16-12(2)22-24-13(16)3)10-15(11)20-25-18(4,5)19(6,7)26-20/h8-10H,1-7H3,(H,21,23). The van der Waals surface area contributed by atoms with Gasteiger partial charge in [0.2, 0.25) is 0 Å². The highest BCUT2D eigenvalue weighted by Gasteiger charge is 2.52. The number of nitrogens with one attached hydrogen (secondary N) is 1. The summed E-state index contributed by atoms with van der Waals surface area (Å²) >= 11 is 0. The number of hydrogen-bond acceptors (Lipinski definition) is 5. The summed E-state index contributed by atoms with van der Waals surface area (Å²) in [6.45, 7) is 13.6. The first-order valence-electron chi connectivity index (χ1n) is 8.72. The van der Waals surface area contributed by atoms with Gasteiger partial charge in [-0.1, -0.05) is 16.8 Å². The van der Waals surface area contributed by atoms with E-state index < -0.39 is 18.3 Å². The van der Waals surface area contributed by atoms with Crippen LogP contribution in [0.1, 0.15) is 55.1 Å². The summed E-state index contributed by atoms with van der Waals surface area (Å²) in [5.74, 6) is 0.353. The highest BCUT2D eigenvalue weighted by Crippen LogP contribution is 2.36. The van der Waals surface area contributed by atoms with Crippen molar-refractivity contribution >= 4 is 24.2 Å². The van der Waals surface area contributed by atoms with Gasteiger partial charge in [0.15, 0.2) is 5.76 Å². The third kappa shape index (κ3) is 3.17. The molecule has 0 radical (unpaired) electrons. The lowest BCUT2D eigenvalue weighted by Crippen LogP contribution is -2.41. The molecule has 0 unspecified atom stereocenters. The van der Waals surface area contributed by atoms with Crippen LogP contribution in [0, 0.1) is 20.8 Å². The molecule has 7 heteroatoms. The molecule has 1 aliphatic heterocycles. The SMILES string of the molecule is Cc1ccc(C(=O)Nc2c(C)noc2C)cc1B1OC(C)(C)C(C)(C)O1. The van der Waals surface area contributed by atoms with Crippen LogP contribution >= 0.6 is 0 Å². The van der Waals surface area contributed by atoms with Gasteiger partial charge in [-0.3, -0.25) is 4.79 Å². The van der Waals surface area contributed by atoms with Crippen LogP contribution in [0.3, 0.4) is 0 Å². The molecule has 0 saturated carbocycles. The van der Waals surface area contributed by atoms with Crippen molar-refractivity contribution in [3.63, 3.8) is 0 Å². The Morgan fingerprint density at radius 3 is 2.23 bits per heavy atom. The Hall–Kier alpha value is -2.12. The molecule has 1 fully saturated rings. The minimum Gasteiger partial charge on any atom is -0.399 e.